The molecule has 2 aromatic heterocycles. The Bertz CT molecular complexity index is 1250. The first-order chi connectivity index (χ1) is 17.3. The van der Waals surface area contributed by atoms with Crippen LogP contribution in [-0.2, 0) is 11.3 Å². The van der Waals surface area contributed by atoms with Gasteiger partial charge in [0.1, 0.15) is 0 Å². The second-order valence-electron chi connectivity index (χ2n) is 8.08. The van der Waals surface area contributed by atoms with Gasteiger partial charge >= 0.3 is 0 Å². The molecule has 1 aliphatic heterocycles. The molecule has 176 valence electrons. The summed E-state index contributed by atoms with van der Waals surface area (Å²) in [6, 6.07) is 23.2. The molecule has 1 fully saturated rings. The standard InChI is InChI=1S/C27H26N6O2/c34-26(30-20-21-5-4-13-28-19-21)23-10-8-22(9-11-23)25-12-14-29-27(31-25)33(24-6-2-1-3-7-24)32-15-17-35-18-16-32/h1-14,19H,15-18,20H2,(H,30,34). The number of pyridine rings is 1. The molecule has 5 rings (SSSR count). The zero-order chi connectivity index (χ0) is 23.9. The summed E-state index contributed by atoms with van der Waals surface area (Å²) in [7, 11) is 0. The third-order valence-electron chi connectivity index (χ3n) is 5.72. The first kappa shape index (κ1) is 22.6. The molecule has 0 saturated carbocycles. The monoisotopic (exact) mass is 466 g/mol. The fourth-order valence-corrected chi connectivity index (χ4v) is 3.92. The summed E-state index contributed by atoms with van der Waals surface area (Å²) in [4.78, 5) is 26.1. The lowest BCUT2D eigenvalue weighted by molar-refractivity contribution is 0.0371. The van der Waals surface area contributed by atoms with E-state index < -0.39 is 0 Å². The Hall–Kier alpha value is -4.14. The molecule has 8 heteroatoms. The molecule has 1 saturated heterocycles. The molecule has 0 aliphatic carbocycles. The van der Waals surface area contributed by atoms with Crippen LogP contribution in [0.3, 0.4) is 0 Å². The van der Waals surface area contributed by atoms with Crippen LogP contribution in [0.4, 0.5) is 11.6 Å². The summed E-state index contributed by atoms with van der Waals surface area (Å²) in [6.45, 7) is 3.26. The Morgan fingerprint density at radius 1 is 0.943 bits per heavy atom. The van der Waals surface area contributed by atoms with E-state index in [9.17, 15) is 4.79 Å². The molecule has 8 nitrogen and oxygen atoms in total. The Balaban J connectivity index is 1.35. The van der Waals surface area contributed by atoms with Gasteiger partial charge in [0, 0.05) is 49.4 Å². The zero-order valence-corrected chi connectivity index (χ0v) is 19.2. The fourth-order valence-electron chi connectivity index (χ4n) is 3.92. The smallest absolute Gasteiger partial charge is 0.251 e. The third-order valence-corrected chi connectivity index (χ3v) is 5.72. The molecule has 0 bridgehead atoms. The number of para-hydroxylation sites is 1. The van der Waals surface area contributed by atoms with E-state index >= 15 is 0 Å². The maximum Gasteiger partial charge on any atom is 0.251 e. The summed E-state index contributed by atoms with van der Waals surface area (Å²) in [6.07, 6.45) is 5.22. The number of amides is 1. The van der Waals surface area contributed by atoms with Crippen molar-refractivity contribution in [2.45, 2.75) is 6.54 Å². The average molecular weight is 467 g/mol. The molecule has 0 spiro atoms. The van der Waals surface area contributed by atoms with Gasteiger partial charge in [0.2, 0.25) is 5.95 Å². The maximum atomic E-state index is 12.6. The zero-order valence-electron chi connectivity index (χ0n) is 19.2. The van der Waals surface area contributed by atoms with Crippen LogP contribution in [0, 0.1) is 0 Å². The van der Waals surface area contributed by atoms with Crippen LogP contribution in [0.2, 0.25) is 0 Å². The van der Waals surface area contributed by atoms with Gasteiger partial charge in [0.25, 0.3) is 5.91 Å². The number of carbonyl (C=O) groups is 1. The second kappa shape index (κ2) is 10.9. The van der Waals surface area contributed by atoms with Gasteiger partial charge in [-0.1, -0.05) is 36.4 Å². The van der Waals surface area contributed by atoms with Crippen LogP contribution in [0.1, 0.15) is 15.9 Å². The summed E-state index contributed by atoms with van der Waals surface area (Å²) in [5.74, 6) is 0.459. The predicted octanol–water partition coefficient (Wildman–Crippen LogP) is 3.85. The van der Waals surface area contributed by atoms with Gasteiger partial charge in [-0.3, -0.25) is 9.78 Å². The average Bonchev–Trinajstić information content (AvgIpc) is 2.94. The summed E-state index contributed by atoms with van der Waals surface area (Å²) < 4.78 is 5.54. The summed E-state index contributed by atoms with van der Waals surface area (Å²) in [5.41, 5.74) is 4.23. The molecule has 1 aliphatic rings. The van der Waals surface area contributed by atoms with Crippen LogP contribution >= 0.6 is 0 Å². The predicted molar refractivity (Wildman–Crippen MR) is 134 cm³/mol. The van der Waals surface area contributed by atoms with Crippen LogP contribution in [-0.4, -0.2) is 52.2 Å². The van der Waals surface area contributed by atoms with Gasteiger partial charge in [-0.25, -0.2) is 20.0 Å². The highest BCUT2D eigenvalue weighted by atomic mass is 16.5. The van der Waals surface area contributed by atoms with Crippen molar-refractivity contribution in [2.24, 2.45) is 0 Å². The minimum absolute atomic E-state index is 0.133. The highest BCUT2D eigenvalue weighted by Gasteiger charge is 2.23. The topological polar surface area (TPSA) is 83.5 Å². The lowest BCUT2D eigenvalue weighted by Crippen LogP contribution is -2.47. The van der Waals surface area contributed by atoms with Crippen molar-refractivity contribution in [3.63, 3.8) is 0 Å². The van der Waals surface area contributed by atoms with Gasteiger partial charge in [-0.05, 0) is 42.0 Å². The number of rotatable bonds is 7. The van der Waals surface area contributed by atoms with Gasteiger partial charge in [-0.15, -0.1) is 0 Å². The number of ether oxygens (including phenoxy) is 1. The summed E-state index contributed by atoms with van der Waals surface area (Å²) >= 11 is 0. The van der Waals surface area contributed by atoms with E-state index in [2.05, 4.69) is 20.3 Å². The molecule has 3 heterocycles. The number of anilines is 2. The normalized spacial score (nSPS) is 13.8. The van der Waals surface area contributed by atoms with Crippen molar-refractivity contribution in [1.29, 1.82) is 0 Å². The largest absolute Gasteiger partial charge is 0.379 e. The Kier molecular flexibility index (Phi) is 7.02. The van der Waals surface area contributed by atoms with Crippen molar-refractivity contribution in [2.75, 3.05) is 31.3 Å². The lowest BCUT2D eigenvalue weighted by atomic mass is 10.1. The van der Waals surface area contributed by atoms with Crippen molar-refractivity contribution < 1.29 is 9.53 Å². The fraction of sp³-hybridized carbons (Fsp3) is 0.185. The SMILES string of the molecule is O=C(NCc1cccnc1)c1ccc(-c2ccnc(N(c3ccccc3)N3CCOCC3)n2)cc1. The number of nitrogens with zero attached hydrogens (tertiary/aromatic N) is 5. The quantitative estimate of drug-likeness (QED) is 0.443. The molecular formula is C27H26N6O2. The van der Waals surface area contributed by atoms with E-state index in [1.54, 1.807) is 18.6 Å². The molecule has 0 unspecified atom stereocenters. The first-order valence-electron chi connectivity index (χ1n) is 11.6. The molecule has 1 amide bonds. The number of hydrogen-bond acceptors (Lipinski definition) is 7. The minimum atomic E-state index is -0.133. The number of aromatic nitrogens is 3. The van der Waals surface area contributed by atoms with E-state index in [0.29, 0.717) is 31.3 Å². The number of morpholine rings is 1. The molecule has 2 aromatic carbocycles. The molecule has 0 atom stereocenters. The van der Waals surface area contributed by atoms with E-state index in [1.807, 2.05) is 77.8 Å². The van der Waals surface area contributed by atoms with Gasteiger partial charge in [0.05, 0.1) is 24.6 Å². The van der Waals surface area contributed by atoms with E-state index in [-0.39, 0.29) is 5.91 Å². The Morgan fingerprint density at radius 3 is 2.49 bits per heavy atom. The van der Waals surface area contributed by atoms with E-state index in [1.165, 1.54) is 0 Å². The number of carbonyl (C=O) groups excluding carboxylic acids is 1. The molecular weight excluding hydrogens is 440 g/mol. The van der Waals surface area contributed by atoms with Gasteiger partial charge < -0.3 is 10.1 Å². The number of hydrogen-bond donors (Lipinski definition) is 1. The molecule has 1 N–H and O–H groups in total. The van der Waals surface area contributed by atoms with Crippen LogP contribution < -0.4 is 10.3 Å². The number of hydrazine groups is 1. The van der Waals surface area contributed by atoms with Crippen molar-refractivity contribution in [1.82, 2.24) is 25.3 Å². The van der Waals surface area contributed by atoms with Crippen LogP contribution in [0.15, 0.2) is 91.4 Å². The van der Waals surface area contributed by atoms with Crippen molar-refractivity contribution in [3.8, 4) is 11.3 Å². The summed E-state index contributed by atoms with van der Waals surface area (Å²) in [5, 5.41) is 7.18. The lowest BCUT2D eigenvalue weighted by Gasteiger charge is -2.37. The van der Waals surface area contributed by atoms with Crippen LogP contribution in [0.25, 0.3) is 11.3 Å². The first-order valence-corrected chi connectivity index (χ1v) is 11.6. The number of benzene rings is 2. The van der Waals surface area contributed by atoms with Crippen molar-refractivity contribution >= 4 is 17.5 Å². The minimum Gasteiger partial charge on any atom is -0.379 e. The third kappa shape index (κ3) is 5.51. The number of nitrogens with one attached hydrogen (secondary N) is 1. The molecule has 0 radical (unpaired) electrons. The van der Waals surface area contributed by atoms with Gasteiger partial charge in [0.15, 0.2) is 0 Å². The van der Waals surface area contributed by atoms with E-state index in [0.717, 1.165) is 35.6 Å². The maximum absolute atomic E-state index is 12.6. The van der Waals surface area contributed by atoms with Gasteiger partial charge in [-0.2, -0.15) is 0 Å². The van der Waals surface area contributed by atoms with Crippen LogP contribution in [0.5, 0.6) is 0 Å². The van der Waals surface area contributed by atoms with E-state index in [4.69, 9.17) is 9.72 Å². The molecule has 4 aromatic rings. The Morgan fingerprint density at radius 2 is 1.74 bits per heavy atom. The Labute approximate surface area is 204 Å². The highest BCUT2D eigenvalue weighted by molar-refractivity contribution is 5.94. The molecule has 35 heavy (non-hydrogen) atoms. The van der Waals surface area contributed by atoms with Crippen molar-refractivity contribution in [3.05, 3.63) is 103 Å². The second-order valence-corrected chi connectivity index (χ2v) is 8.08. The highest BCUT2D eigenvalue weighted by Crippen LogP contribution is 2.27.